The van der Waals surface area contributed by atoms with Crippen LogP contribution in [0.15, 0.2) is 29.3 Å². The maximum atomic E-state index is 14.1. The van der Waals surface area contributed by atoms with Gasteiger partial charge in [0.1, 0.15) is 23.7 Å². The molecule has 1 aromatic rings. The number of halogens is 1. The normalized spacial score (nSPS) is 33.7. The SMILES string of the molecule is CC1=NC2(c3ccccc3F)CO[C@H](C=O)C2CS1. The van der Waals surface area contributed by atoms with Gasteiger partial charge in [0.2, 0.25) is 0 Å². The van der Waals surface area contributed by atoms with E-state index in [1.165, 1.54) is 6.07 Å². The zero-order valence-corrected chi connectivity index (χ0v) is 11.3. The Bertz CT molecular complexity index is 548. The average molecular weight is 279 g/mol. The molecule has 0 spiro atoms. The Morgan fingerprint density at radius 1 is 1.53 bits per heavy atom. The summed E-state index contributed by atoms with van der Waals surface area (Å²) in [6, 6.07) is 6.63. The number of benzene rings is 1. The standard InChI is InChI=1S/C14H14FNO2S/c1-9-16-14(10-4-2-3-5-12(10)15)8-18-13(6-17)11(14)7-19-9/h2-6,11,13H,7-8H2,1H3/t11?,13-,14?/m1/s1. The summed E-state index contributed by atoms with van der Waals surface area (Å²) in [7, 11) is 0. The van der Waals surface area contributed by atoms with Crippen LogP contribution >= 0.6 is 11.8 Å². The van der Waals surface area contributed by atoms with Crippen LogP contribution in [-0.2, 0) is 15.1 Å². The molecule has 1 fully saturated rings. The number of aliphatic imine (C=N–C) groups is 1. The van der Waals surface area contributed by atoms with E-state index in [0.29, 0.717) is 5.56 Å². The molecule has 3 rings (SSSR count). The van der Waals surface area contributed by atoms with Crippen molar-refractivity contribution in [2.75, 3.05) is 12.4 Å². The molecular weight excluding hydrogens is 265 g/mol. The van der Waals surface area contributed by atoms with E-state index in [2.05, 4.69) is 4.99 Å². The third-order valence-electron chi connectivity index (χ3n) is 3.81. The molecule has 2 aliphatic rings. The largest absolute Gasteiger partial charge is 0.367 e. The van der Waals surface area contributed by atoms with Gasteiger partial charge < -0.3 is 9.53 Å². The summed E-state index contributed by atoms with van der Waals surface area (Å²) in [6.45, 7) is 2.18. The molecule has 19 heavy (non-hydrogen) atoms. The highest BCUT2D eigenvalue weighted by molar-refractivity contribution is 8.13. The van der Waals surface area contributed by atoms with Gasteiger partial charge in [0.25, 0.3) is 0 Å². The summed E-state index contributed by atoms with van der Waals surface area (Å²) in [4.78, 5) is 15.8. The Hall–Kier alpha value is -1.20. The second-order valence-corrected chi connectivity index (χ2v) is 6.08. The average Bonchev–Trinajstić information content (AvgIpc) is 2.77. The molecule has 1 aromatic carbocycles. The number of hydrogen-bond acceptors (Lipinski definition) is 4. The number of rotatable bonds is 2. The van der Waals surface area contributed by atoms with E-state index in [4.69, 9.17) is 4.74 Å². The molecule has 0 N–H and O–H groups in total. The van der Waals surface area contributed by atoms with Gasteiger partial charge in [-0.25, -0.2) is 4.39 Å². The van der Waals surface area contributed by atoms with E-state index >= 15 is 0 Å². The van der Waals surface area contributed by atoms with Crippen molar-refractivity contribution in [3.05, 3.63) is 35.6 Å². The molecule has 2 unspecified atom stereocenters. The van der Waals surface area contributed by atoms with Crippen molar-refractivity contribution in [1.29, 1.82) is 0 Å². The number of nitrogens with zero attached hydrogens (tertiary/aromatic N) is 1. The molecule has 0 bridgehead atoms. The highest BCUT2D eigenvalue weighted by Gasteiger charge is 2.53. The van der Waals surface area contributed by atoms with Crippen LogP contribution in [0.25, 0.3) is 0 Å². The molecule has 3 atom stereocenters. The smallest absolute Gasteiger partial charge is 0.149 e. The van der Waals surface area contributed by atoms with Crippen molar-refractivity contribution in [2.24, 2.45) is 10.9 Å². The maximum Gasteiger partial charge on any atom is 0.149 e. The Morgan fingerprint density at radius 2 is 2.32 bits per heavy atom. The monoisotopic (exact) mass is 279 g/mol. The van der Waals surface area contributed by atoms with Crippen LogP contribution in [0.1, 0.15) is 12.5 Å². The van der Waals surface area contributed by atoms with Crippen molar-refractivity contribution in [3.63, 3.8) is 0 Å². The summed E-state index contributed by atoms with van der Waals surface area (Å²) in [5, 5.41) is 0.912. The number of aldehydes is 1. The minimum absolute atomic E-state index is 0.101. The van der Waals surface area contributed by atoms with Crippen molar-refractivity contribution in [2.45, 2.75) is 18.6 Å². The quantitative estimate of drug-likeness (QED) is 0.780. The summed E-state index contributed by atoms with van der Waals surface area (Å²) in [5.41, 5.74) is -0.212. The maximum absolute atomic E-state index is 14.1. The number of ether oxygens (including phenoxy) is 1. The first-order valence-corrected chi connectivity index (χ1v) is 7.17. The molecule has 2 heterocycles. The molecule has 2 aliphatic heterocycles. The van der Waals surface area contributed by atoms with Gasteiger partial charge in [0.05, 0.1) is 11.7 Å². The molecule has 0 radical (unpaired) electrons. The second-order valence-electron chi connectivity index (χ2n) is 4.86. The highest BCUT2D eigenvalue weighted by Crippen LogP contribution is 2.47. The molecule has 0 amide bonds. The van der Waals surface area contributed by atoms with E-state index in [-0.39, 0.29) is 18.3 Å². The highest BCUT2D eigenvalue weighted by atomic mass is 32.2. The van der Waals surface area contributed by atoms with Gasteiger partial charge in [-0.05, 0) is 13.0 Å². The molecule has 5 heteroatoms. The number of thioether (sulfide) groups is 1. The first kappa shape index (κ1) is 12.8. The third-order valence-corrected chi connectivity index (χ3v) is 4.84. The van der Waals surface area contributed by atoms with E-state index in [1.807, 2.05) is 6.92 Å². The van der Waals surface area contributed by atoms with Crippen LogP contribution in [-0.4, -0.2) is 29.8 Å². The molecule has 100 valence electrons. The van der Waals surface area contributed by atoms with Gasteiger partial charge >= 0.3 is 0 Å². The number of carbonyl (C=O) groups is 1. The second kappa shape index (κ2) is 4.72. The fourth-order valence-corrected chi connectivity index (χ4v) is 3.99. The molecule has 0 saturated carbocycles. The van der Waals surface area contributed by atoms with Crippen molar-refractivity contribution < 1.29 is 13.9 Å². The van der Waals surface area contributed by atoms with Crippen LogP contribution in [0.3, 0.4) is 0 Å². The van der Waals surface area contributed by atoms with Gasteiger partial charge in [-0.2, -0.15) is 0 Å². The molecular formula is C14H14FNO2S. The first-order chi connectivity index (χ1) is 9.17. The number of carbonyl (C=O) groups excluding carboxylic acids is 1. The fourth-order valence-electron chi connectivity index (χ4n) is 2.87. The summed E-state index contributed by atoms with van der Waals surface area (Å²) < 4.78 is 19.7. The van der Waals surface area contributed by atoms with Gasteiger partial charge in [-0.1, -0.05) is 18.2 Å². The van der Waals surface area contributed by atoms with Gasteiger partial charge in [0, 0.05) is 17.2 Å². The Labute approximate surface area is 115 Å². The van der Waals surface area contributed by atoms with Crippen LogP contribution in [0.2, 0.25) is 0 Å². The molecule has 0 aromatic heterocycles. The number of fused-ring (bicyclic) bond motifs is 1. The minimum atomic E-state index is -0.744. The first-order valence-electron chi connectivity index (χ1n) is 6.18. The Kier molecular flexibility index (Phi) is 3.19. The summed E-state index contributed by atoms with van der Waals surface area (Å²) in [5.74, 6) is 0.342. The van der Waals surface area contributed by atoms with E-state index < -0.39 is 11.6 Å². The van der Waals surface area contributed by atoms with Crippen LogP contribution in [0.5, 0.6) is 0 Å². The van der Waals surface area contributed by atoms with Crippen molar-refractivity contribution in [3.8, 4) is 0 Å². The predicted octanol–water partition coefficient (Wildman–Crippen LogP) is 2.40. The van der Waals surface area contributed by atoms with Gasteiger partial charge in [-0.15, -0.1) is 11.8 Å². The Morgan fingerprint density at radius 3 is 3.05 bits per heavy atom. The topological polar surface area (TPSA) is 38.7 Å². The van der Waals surface area contributed by atoms with Crippen molar-refractivity contribution >= 4 is 23.1 Å². The summed E-state index contributed by atoms with van der Waals surface area (Å²) >= 11 is 1.60. The van der Waals surface area contributed by atoms with Crippen LogP contribution in [0, 0.1) is 11.7 Å². The zero-order valence-electron chi connectivity index (χ0n) is 10.5. The lowest BCUT2D eigenvalue weighted by atomic mass is 9.79. The fraction of sp³-hybridized carbons (Fsp3) is 0.429. The molecule has 1 saturated heterocycles. The van der Waals surface area contributed by atoms with E-state index in [1.54, 1.807) is 30.0 Å². The lowest BCUT2D eigenvalue weighted by molar-refractivity contribution is -0.116. The van der Waals surface area contributed by atoms with Crippen LogP contribution < -0.4 is 0 Å². The summed E-state index contributed by atoms with van der Waals surface area (Å²) in [6.07, 6.45) is 0.313. The minimum Gasteiger partial charge on any atom is -0.367 e. The molecule has 0 aliphatic carbocycles. The van der Waals surface area contributed by atoms with E-state index in [0.717, 1.165) is 17.1 Å². The van der Waals surface area contributed by atoms with Gasteiger partial charge in [0.15, 0.2) is 0 Å². The van der Waals surface area contributed by atoms with Crippen LogP contribution in [0.4, 0.5) is 4.39 Å². The number of hydrogen-bond donors (Lipinski definition) is 0. The molecule has 3 nitrogen and oxygen atoms in total. The third kappa shape index (κ3) is 1.92. The zero-order chi connectivity index (χ0) is 13.5. The lowest BCUT2D eigenvalue weighted by Gasteiger charge is -2.35. The predicted molar refractivity (Wildman–Crippen MR) is 72.9 cm³/mol. The lowest BCUT2D eigenvalue weighted by Crippen LogP contribution is -2.41. The van der Waals surface area contributed by atoms with E-state index in [9.17, 15) is 9.18 Å². The van der Waals surface area contributed by atoms with Crippen molar-refractivity contribution in [1.82, 2.24) is 0 Å². The van der Waals surface area contributed by atoms with Gasteiger partial charge in [-0.3, -0.25) is 4.99 Å². The Balaban J connectivity index is 2.15.